The van der Waals surface area contributed by atoms with Gasteiger partial charge in [-0.25, -0.2) is 8.42 Å². The monoisotopic (exact) mass is 354 g/mol. The van der Waals surface area contributed by atoms with Gasteiger partial charge < -0.3 is 14.4 Å². The summed E-state index contributed by atoms with van der Waals surface area (Å²) in [6.07, 6.45) is 3.03. The van der Waals surface area contributed by atoms with E-state index in [2.05, 4.69) is 0 Å². The van der Waals surface area contributed by atoms with Gasteiger partial charge in [-0.3, -0.25) is 9.10 Å². The van der Waals surface area contributed by atoms with E-state index in [4.69, 9.17) is 9.47 Å². The molecule has 3 rings (SSSR count). The third kappa shape index (κ3) is 3.28. The fourth-order valence-corrected chi connectivity index (χ4v) is 4.33. The molecule has 2 aliphatic heterocycles. The van der Waals surface area contributed by atoms with Crippen LogP contribution in [0.25, 0.3) is 0 Å². The van der Waals surface area contributed by atoms with Crippen LogP contribution in [0.15, 0.2) is 18.2 Å². The van der Waals surface area contributed by atoms with Crippen molar-refractivity contribution < 1.29 is 22.7 Å². The minimum Gasteiger partial charge on any atom is -0.486 e. The highest BCUT2D eigenvalue weighted by molar-refractivity contribution is 7.92. The van der Waals surface area contributed by atoms with Crippen molar-refractivity contribution in [2.75, 3.05) is 36.9 Å². The molecular formula is C16H22N2O5S. The van der Waals surface area contributed by atoms with Crippen LogP contribution in [-0.2, 0) is 14.8 Å². The molecule has 7 nitrogen and oxygen atoms in total. The summed E-state index contributed by atoms with van der Waals surface area (Å²) >= 11 is 0. The Morgan fingerprint density at radius 3 is 2.42 bits per heavy atom. The Morgan fingerprint density at radius 1 is 1.17 bits per heavy atom. The standard InChI is InChI=1S/C16H22N2O5S/c1-12(16(19)17-7-3-4-8-17)18(24(2,20)21)13-5-6-14-15(11-13)23-10-9-22-14/h5-6,11-12H,3-4,7-10H2,1-2H3/t12-/m1/s1. The summed E-state index contributed by atoms with van der Waals surface area (Å²) in [4.78, 5) is 14.4. The average Bonchev–Trinajstić information content (AvgIpc) is 3.07. The molecule has 132 valence electrons. The van der Waals surface area contributed by atoms with Crippen molar-refractivity contribution in [3.05, 3.63) is 18.2 Å². The second-order valence-corrected chi connectivity index (χ2v) is 7.95. The fourth-order valence-electron chi connectivity index (χ4n) is 3.17. The molecule has 0 aromatic heterocycles. The van der Waals surface area contributed by atoms with E-state index in [-0.39, 0.29) is 5.91 Å². The number of nitrogens with zero attached hydrogens (tertiary/aromatic N) is 2. The zero-order valence-corrected chi connectivity index (χ0v) is 14.7. The first-order valence-corrected chi connectivity index (χ1v) is 9.90. The Bertz CT molecular complexity index is 728. The van der Waals surface area contributed by atoms with E-state index in [0.717, 1.165) is 23.4 Å². The van der Waals surface area contributed by atoms with Crippen LogP contribution in [0.1, 0.15) is 19.8 Å². The number of benzene rings is 1. The van der Waals surface area contributed by atoms with Gasteiger partial charge in [0.1, 0.15) is 19.3 Å². The summed E-state index contributed by atoms with van der Waals surface area (Å²) < 4.78 is 36.8. The maximum Gasteiger partial charge on any atom is 0.246 e. The summed E-state index contributed by atoms with van der Waals surface area (Å²) in [6, 6.07) is 4.13. The normalized spacial score (nSPS) is 18.3. The number of carbonyl (C=O) groups excluding carboxylic acids is 1. The fraction of sp³-hybridized carbons (Fsp3) is 0.562. The minimum absolute atomic E-state index is 0.173. The van der Waals surface area contributed by atoms with Gasteiger partial charge in [-0.15, -0.1) is 0 Å². The topological polar surface area (TPSA) is 76.2 Å². The van der Waals surface area contributed by atoms with Gasteiger partial charge in [-0.1, -0.05) is 0 Å². The van der Waals surface area contributed by atoms with Gasteiger partial charge in [0.2, 0.25) is 15.9 Å². The molecular weight excluding hydrogens is 332 g/mol. The first-order valence-electron chi connectivity index (χ1n) is 8.06. The van der Waals surface area contributed by atoms with E-state index >= 15 is 0 Å². The lowest BCUT2D eigenvalue weighted by molar-refractivity contribution is -0.130. The van der Waals surface area contributed by atoms with E-state index in [0.29, 0.717) is 43.5 Å². The molecule has 1 atom stereocenters. The van der Waals surface area contributed by atoms with Crippen LogP contribution in [-0.4, -0.2) is 57.8 Å². The van der Waals surface area contributed by atoms with Crippen LogP contribution < -0.4 is 13.8 Å². The Kier molecular flexibility index (Phi) is 4.58. The molecule has 1 fully saturated rings. The van der Waals surface area contributed by atoms with Crippen LogP contribution >= 0.6 is 0 Å². The Labute approximate surface area is 142 Å². The van der Waals surface area contributed by atoms with Gasteiger partial charge in [-0.2, -0.15) is 0 Å². The molecule has 1 aromatic rings. The van der Waals surface area contributed by atoms with Crippen molar-refractivity contribution >= 4 is 21.6 Å². The number of anilines is 1. The number of sulfonamides is 1. The molecule has 1 amide bonds. The van der Waals surface area contributed by atoms with Crippen LogP contribution in [0.4, 0.5) is 5.69 Å². The Balaban J connectivity index is 1.93. The van der Waals surface area contributed by atoms with Crippen LogP contribution in [0, 0.1) is 0 Å². The lowest BCUT2D eigenvalue weighted by Gasteiger charge is -2.31. The second kappa shape index (κ2) is 6.51. The van der Waals surface area contributed by atoms with Crippen molar-refractivity contribution in [1.29, 1.82) is 0 Å². The summed E-state index contributed by atoms with van der Waals surface area (Å²) in [7, 11) is -3.63. The molecule has 8 heteroatoms. The van der Waals surface area contributed by atoms with Crippen molar-refractivity contribution in [1.82, 2.24) is 4.90 Å². The molecule has 2 aliphatic rings. The molecule has 0 N–H and O–H groups in total. The zero-order valence-electron chi connectivity index (χ0n) is 13.9. The first kappa shape index (κ1) is 16.9. The molecule has 24 heavy (non-hydrogen) atoms. The highest BCUT2D eigenvalue weighted by Crippen LogP contribution is 2.35. The summed E-state index contributed by atoms with van der Waals surface area (Å²) in [5.74, 6) is 0.901. The third-order valence-electron chi connectivity index (χ3n) is 4.26. The zero-order chi connectivity index (χ0) is 17.3. The van der Waals surface area contributed by atoms with Gasteiger partial charge in [0.15, 0.2) is 11.5 Å². The van der Waals surface area contributed by atoms with E-state index in [1.807, 2.05) is 0 Å². The van der Waals surface area contributed by atoms with Gasteiger partial charge >= 0.3 is 0 Å². The van der Waals surface area contributed by atoms with Crippen molar-refractivity contribution in [3.63, 3.8) is 0 Å². The predicted octanol–water partition coefficient (Wildman–Crippen LogP) is 1.23. The minimum atomic E-state index is -3.63. The lowest BCUT2D eigenvalue weighted by atomic mass is 10.2. The van der Waals surface area contributed by atoms with Crippen molar-refractivity contribution in [2.45, 2.75) is 25.8 Å². The number of rotatable bonds is 4. The van der Waals surface area contributed by atoms with Crippen molar-refractivity contribution in [3.8, 4) is 11.5 Å². The Hall–Kier alpha value is -1.96. The number of amides is 1. The Morgan fingerprint density at radius 2 is 1.79 bits per heavy atom. The molecule has 0 bridgehead atoms. The van der Waals surface area contributed by atoms with E-state index in [9.17, 15) is 13.2 Å². The van der Waals surface area contributed by atoms with Crippen LogP contribution in [0.3, 0.4) is 0 Å². The number of likely N-dealkylation sites (tertiary alicyclic amines) is 1. The van der Waals surface area contributed by atoms with Gasteiger partial charge in [-0.05, 0) is 31.9 Å². The summed E-state index contributed by atoms with van der Waals surface area (Å²) in [5.41, 5.74) is 0.404. The van der Waals surface area contributed by atoms with E-state index < -0.39 is 16.1 Å². The maximum atomic E-state index is 12.7. The third-order valence-corrected chi connectivity index (χ3v) is 5.51. The number of carbonyl (C=O) groups is 1. The molecule has 0 unspecified atom stereocenters. The molecule has 0 aliphatic carbocycles. The summed E-state index contributed by atoms with van der Waals surface area (Å²) in [6.45, 7) is 3.87. The molecule has 0 radical (unpaired) electrons. The van der Waals surface area contributed by atoms with Crippen LogP contribution in [0.5, 0.6) is 11.5 Å². The smallest absolute Gasteiger partial charge is 0.246 e. The highest BCUT2D eigenvalue weighted by Gasteiger charge is 2.33. The summed E-state index contributed by atoms with van der Waals surface area (Å²) in [5, 5.41) is 0. The molecule has 0 spiro atoms. The number of hydrogen-bond acceptors (Lipinski definition) is 5. The molecule has 2 heterocycles. The number of fused-ring (bicyclic) bond motifs is 1. The molecule has 0 saturated carbocycles. The van der Waals surface area contributed by atoms with E-state index in [1.54, 1.807) is 30.0 Å². The first-order chi connectivity index (χ1) is 11.4. The van der Waals surface area contributed by atoms with Gasteiger partial charge in [0.25, 0.3) is 0 Å². The SMILES string of the molecule is C[C@H](C(=O)N1CCCC1)N(c1ccc2c(c1)OCCO2)S(C)(=O)=O. The quantitative estimate of drug-likeness (QED) is 0.813. The molecule has 1 saturated heterocycles. The largest absolute Gasteiger partial charge is 0.486 e. The van der Waals surface area contributed by atoms with Crippen molar-refractivity contribution in [2.24, 2.45) is 0 Å². The van der Waals surface area contributed by atoms with E-state index in [1.165, 1.54) is 0 Å². The van der Waals surface area contributed by atoms with Gasteiger partial charge in [0, 0.05) is 19.2 Å². The van der Waals surface area contributed by atoms with Gasteiger partial charge in [0.05, 0.1) is 11.9 Å². The average molecular weight is 354 g/mol. The number of hydrogen-bond donors (Lipinski definition) is 0. The number of ether oxygens (including phenoxy) is 2. The van der Waals surface area contributed by atoms with Crippen LogP contribution in [0.2, 0.25) is 0 Å². The highest BCUT2D eigenvalue weighted by atomic mass is 32.2. The maximum absolute atomic E-state index is 12.7. The second-order valence-electron chi connectivity index (χ2n) is 6.10. The lowest BCUT2D eigenvalue weighted by Crippen LogP contribution is -2.48. The predicted molar refractivity (Wildman–Crippen MR) is 90.0 cm³/mol. The molecule has 1 aromatic carbocycles.